The molecule has 2 saturated carbocycles. The van der Waals surface area contributed by atoms with E-state index in [0.717, 1.165) is 44.1 Å². The number of unbranched alkanes of at least 4 members (excludes halogenated alkanes) is 2. The normalized spacial score (nSPS) is 35.0. The molecular weight excluding hydrogens is 479 g/mol. The van der Waals surface area contributed by atoms with Gasteiger partial charge in [-0.15, -0.1) is 6.58 Å². The molecule has 8 heteroatoms. The molecule has 0 radical (unpaired) electrons. The highest BCUT2D eigenvalue weighted by atomic mass is 19.4. The fraction of sp³-hybridized carbons (Fsp3) is 0.714. The Morgan fingerprint density at radius 1 is 1.14 bits per heavy atom. The highest BCUT2D eigenvalue weighted by molar-refractivity contribution is 5.43. The Labute approximate surface area is 209 Å². The van der Waals surface area contributed by atoms with Crippen LogP contribution < -0.4 is 0 Å². The Kier molecular flexibility index (Phi) is 7.28. The minimum absolute atomic E-state index is 0.0732. The number of aryl methyl sites for hydroxylation is 1. The van der Waals surface area contributed by atoms with Crippen molar-refractivity contribution in [1.82, 2.24) is 0 Å². The van der Waals surface area contributed by atoms with E-state index in [1.165, 1.54) is 5.56 Å². The number of hydrogen-bond acceptors (Lipinski definition) is 3. The summed E-state index contributed by atoms with van der Waals surface area (Å²) in [5.41, 5.74) is 1.83. The van der Waals surface area contributed by atoms with E-state index in [-0.39, 0.29) is 40.8 Å². The van der Waals surface area contributed by atoms with Crippen molar-refractivity contribution >= 4 is 0 Å². The van der Waals surface area contributed by atoms with E-state index in [0.29, 0.717) is 12.8 Å². The molecule has 202 valence electrons. The summed E-state index contributed by atoms with van der Waals surface area (Å²) < 4.78 is 64.2. The Hall–Kier alpha value is -1.67. The molecule has 0 spiro atoms. The monoisotopic (exact) mass is 516 g/mol. The quantitative estimate of drug-likeness (QED) is 0.200. The third-order valence-corrected chi connectivity index (χ3v) is 9.71. The molecular formula is C28H37F5O3. The molecule has 1 aromatic carbocycles. The molecule has 4 rings (SSSR count). The Morgan fingerprint density at radius 2 is 1.86 bits per heavy atom. The van der Waals surface area contributed by atoms with Crippen molar-refractivity contribution in [2.45, 2.75) is 101 Å². The van der Waals surface area contributed by atoms with Gasteiger partial charge >= 0.3 is 12.1 Å². The Bertz CT molecular complexity index is 963. The fourth-order valence-corrected chi connectivity index (χ4v) is 7.98. The highest BCUT2D eigenvalue weighted by Crippen LogP contribution is 2.69. The number of hydrogen-bond donors (Lipinski definition) is 3. The second-order valence-corrected chi connectivity index (χ2v) is 11.6. The fourth-order valence-electron chi connectivity index (χ4n) is 7.98. The number of aromatic hydroxyl groups is 1. The molecule has 0 aromatic heterocycles. The van der Waals surface area contributed by atoms with Gasteiger partial charge in [0.1, 0.15) is 11.9 Å². The summed E-state index contributed by atoms with van der Waals surface area (Å²) >= 11 is 0. The summed E-state index contributed by atoms with van der Waals surface area (Å²) in [4.78, 5) is 0. The summed E-state index contributed by atoms with van der Waals surface area (Å²) in [6.45, 7) is 6.41. The molecule has 3 nitrogen and oxygen atoms in total. The molecule has 1 aromatic rings. The topological polar surface area (TPSA) is 60.7 Å². The first kappa shape index (κ1) is 27.4. The number of allylic oxidation sites excluding steroid dienone is 1. The first-order valence-electron chi connectivity index (χ1n) is 13.0. The van der Waals surface area contributed by atoms with E-state index in [2.05, 4.69) is 19.6 Å². The largest absolute Gasteiger partial charge is 0.508 e. The number of halogens is 5. The van der Waals surface area contributed by atoms with Gasteiger partial charge in [-0.05, 0) is 96.8 Å². The average Bonchev–Trinajstić information content (AvgIpc) is 3.11. The lowest BCUT2D eigenvalue weighted by Crippen LogP contribution is -2.54. The van der Waals surface area contributed by atoms with Crippen LogP contribution in [0.15, 0.2) is 30.9 Å². The van der Waals surface area contributed by atoms with E-state index in [4.69, 9.17) is 0 Å². The number of aliphatic hydroxyl groups is 2. The van der Waals surface area contributed by atoms with Crippen LogP contribution in [0.5, 0.6) is 5.75 Å². The summed E-state index contributed by atoms with van der Waals surface area (Å²) in [5.74, 6) is -4.30. The molecule has 3 aliphatic rings. The van der Waals surface area contributed by atoms with Crippen LogP contribution in [-0.2, 0) is 6.42 Å². The second kappa shape index (κ2) is 9.57. The minimum Gasteiger partial charge on any atom is -0.508 e. The number of phenolic OH excluding ortho intramolecular Hbond substituents is 1. The Morgan fingerprint density at radius 3 is 2.53 bits per heavy atom. The lowest BCUT2D eigenvalue weighted by Gasteiger charge is -2.60. The van der Waals surface area contributed by atoms with E-state index in [1.54, 1.807) is 6.07 Å². The van der Waals surface area contributed by atoms with Gasteiger partial charge in [-0.25, -0.2) is 0 Å². The maximum absolute atomic E-state index is 13.3. The average molecular weight is 517 g/mol. The van der Waals surface area contributed by atoms with Gasteiger partial charge in [0.05, 0.1) is 6.10 Å². The molecule has 3 aliphatic carbocycles. The zero-order valence-electron chi connectivity index (χ0n) is 20.7. The van der Waals surface area contributed by atoms with Crippen molar-refractivity contribution in [2.75, 3.05) is 0 Å². The van der Waals surface area contributed by atoms with Crippen LogP contribution in [0.3, 0.4) is 0 Å². The van der Waals surface area contributed by atoms with Gasteiger partial charge in [0.25, 0.3) is 0 Å². The van der Waals surface area contributed by atoms with Crippen molar-refractivity contribution in [3.63, 3.8) is 0 Å². The SMILES string of the molecule is C=C[C@@]12CCc3cc(O)ccc3[C@H]1[C@@H](CCCCC[C@@H](O)C(F)(F)C(F)(F)F)C[C@@]1(C)[C@H]2CC[C@@H]1O. The molecule has 2 fully saturated rings. The minimum atomic E-state index is -5.76. The summed E-state index contributed by atoms with van der Waals surface area (Å²) in [5, 5.41) is 30.5. The van der Waals surface area contributed by atoms with E-state index in [9.17, 15) is 37.3 Å². The van der Waals surface area contributed by atoms with Crippen LogP contribution >= 0.6 is 0 Å². The number of benzene rings is 1. The van der Waals surface area contributed by atoms with Gasteiger partial charge in [0.15, 0.2) is 0 Å². The van der Waals surface area contributed by atoms with Crippen LogP contribution in [-0.4, -0.2) is 39.6 Å². The van der Waals surface area contributed by atoms with E-state index in [1.807, 2.05) is 12.1 Å². The summed E-state index contributed by atoms with van der Waals surface area (Å²) in [6.07, 6.45) is -1.44. The van der Waals surface area contributed by atoms with Crippen molar-refractivity contribution in [1.29, 1.82) is 0 Å². The van der Waals surface area contributed by atoms with Gasteiger partial charge in [-0.2, -0.15) is 22.0 Å². The number of alkyl halides is 5. The molecule has 36 heavy (non-hydrogen) atoms. The zero-order valence-corrected chi connectivity index (χ0v) is 20.7. The van der Waals surface area contributed by atoms with Crippen LogP contribution in [0.25, 0.3) is 0 Å². The highest BCUT2D eigenvalue weighted by Gasteiger charge is 2.63. The summed E-state index contributed by atoms with van der Waals surface area (Å²) in [6, 6.07) is 5.51. The van der Waals surface area contributed by atoms with Crippen LogP contribution in [0.4, 0.5) is 22.0 Å². The van der Waals surface area contributed by atoms with Crippen molar-refractivity contribution in [3.05, 3.63) is 42.0 Å². The molecule has 0 saturated heterocycles. The van der Waals surface area contributed by atoms with Gasteiger partial charge in [-0.1, -0.05) is 38.3 Å². The molecule has 0 unspecified atom stereocenters. The van der Waals surface area contributed by atoms with Crippen molar-refractivity contribution in [2.24, 2.45) is 22.7 Å². The van der Waals surface area contributed by atoms with E-state index >= 15 is 0 Å². The van der Waals surface area contributed by atoms with Crippen LogP contribution in [0.1, 0.15) is 81.8 Å². The maximum Gasteiger partial charge on any atom is 0.456 e. The van der Waals surface area contributed by atoms with E-state index < -0.39 is 30.7 Å². The molecule has 0 bridgehead atoms. The van der Waals surface area contributed by atoms with Gasteiger partial charge in [0, 0.05) is 0 Å². The van der Waals surface area contributed by atoms with Crippen molar-refractivity contribution < 1.29 is 37.3 Å². The number of phenols is 1. The second-order valence-electron chi connectivity index (χ2n) is 11.6. The number of rotatable bonds is 8. The first-order valence-corrected chi connectivity index (χ1v) is 13.0. The third kappa shape index (κ3) is 4.36. The van der Waals surface area contributed by atoms with Gasteiger partial charge in [-0.3, -0.25) is 0 Å². The Balaban J connectivity index is 1.52. The zero-order chi connectivity index (χ0) is 26.5. The van der Waals surface area contributed by atoms with Gasteiger partial charge in [0.2, 0.25) is 0 Å². The predicted octanol–water partition coefficient (Wildman–Crippen LogP) is 6.90. The molecule has 0 amide bonds. The molecule has 7 atom stereocenters. The number of aliphatic hydroxyl groups excluding tert-OH is 2. The molecule has 3 N–H and O–H groups in total. The van der Waals surface area contributed by atoms with Gasteiger partial charge < -0.3 is 15.3 Å². The standard InChI is InChI=1S/C28H37F5O3/c1-3-26-14-13-17-15-19(34)9-10-20(17)24(26)18(16-25(2)21(26)11-12-22(25)35)7-5-4-6-8-23(36)27(29,30)28(31,32)33/h3,9-10,15,18,21-24,34-36H,1,4-8,11-14,16H2,2H3/t18-,21+,22-,23+,24+,25-,26-/m0/s1. The first-order chi connectivity index (χ1) is 16.8. The molecule has 0 heterocycles. The van der Waals surface area contributed by atoms with Crippen LogP contribution in [0, 0.1) is 22.7 Å². The van der Waals surface area contributed by atoms with Crippen molar-refractivity contribution in [3.8, 4) is 5.75 Å². The molecule has 0 aliphatic heterocycles. The van der Waals surface area contributed by atoms with Crippen LogP contribution in [0.2, 0.25) is 0 Å². The third-order valence-electron chi connectivity index (χ3n) is 9.71. The predicted molar refractivity (Wildman–Crippen MR) is 127 cm³/mol. The smallest absolute Gasteiger partial charge is 0.456 e. The summed E-state index contributed by atoms with van der Waals surface area (Å²) in [7, 11) is 0. The maximum atomic E-state index is 13.3. The number of fused-ring (bicyclic) bond motifs is 5. The lowest BCUT2D eigenvalue weighted by molar-refractivity contribution is -0.313. The lowest BCUT2D eigenvalue weighted by atomic mass is 9.44.